The fourth-order valence-electron chi connectivity index (χ4n) is 4.87. The Labute approximate surface area is 161 Å². The van der Waals surface area contributed by atoms with Crippen LogP contribution in [0.25, 0.3) is 0 Å². The van der Waals surface area contributed by atoms with Crippen molar-refractivity contribution in [1.29, 1.82) is 0 Å². The number of likely N-dealkylation sites (tertiary alicyclic amines) is 3. The third-order valence-corrected chi connectivity index (χ3v) is 6.60. The maximum Gasteiger partial charge on any atom is 0.274 e. The number of imidazole rings is 1. The zero-order valence-electron chi connectivity index (χ0n) is 16.3. The summed E-state index contributed by atoms with van der Waals surface area (Å²) in [6.07, 6.45) is 7.92. The van der Waals surface area contributed by atoms with E-state index in [9.17, 15) is 9.59 Å². The van der Waals surface area contributed by atoms with Crippen LogP contribution < -0.4 is 0 Å². The van der Waals surface area contributed by atoms with Gasteiger partial charge in [0.25, 0.3) is 5.91 Å². The molecule has 0 atom stereocenters. The summed E-state index contributed by atoms with van der Waals surface area (Å²) < 4.78 is 0. The second kappa shape index (κ2) is 8.00. The lowest BCUT2D eigenvalue weighted by Gasteiger charge is -2.41. The van der Waals surface area contributed by atoms with Gasteiger partial charge in [-0.25, -0.2) is 4.98 Å². The van der Waals surface area contributed by atoms with E-state index < -0.39 is 0 Å². The van der Waals surface area contributed by atoms with E-state index in [4.69, 9.17) is 0 Å². The molecule has 3 aliphatic rings. The number of aryl methyl sites for hydroxylation is 1. The van der Waals surface area contributed by atoms with Gasteiger partial charge < -0.3 is 19.7 Å². The van der Waals surface area contributed by atoms with Gasteiger partial charge in [0.1, 0.15) is 5.69 Å². The van der Waals surface area contributed by atoms with Gasteiger partial charge in [-0.1, -0.05) is 0 Å². The van der Waals surface area contributed by atoms with Crippen LogP contribution in [0.5, 0.6) is 0 Å². The number of amides is 2. The van der Waals surface area contributed by atoms with Crippen molar-refractivity contribution in [2.24, 2.45) is 5.92 Å². The van der Waals surface area contributed by atoms with E-state index in [0.717, 1.165) is 70.6 Å². The Morgan fingerprint density at radius 1 is 0.963 bits per heavy atom. The van der Waals surface area contributed by atoms with Crippen LogP contribution in [0.1, 0.15) is 54.7 Å². The smallest absolute Gasteiger partial charge is 0.274 e. The first-order valence-corrected chi connectivity index (χ1v) is 10.5. The average molecular weight is 374 g/mol. The third kappa shape index (κ3) is 3.88. The molecule has 7 nitrogen and oxygen atoms in total. The Morgan fingerprint density at radius 2 is 1.63 bits per heavy atom. The topological polar surface area (TPSA) is 72.5 Å². The average Bonchev–Trinajstić information content (AvgIpc) is 3.39. The van der Waals surface area contributed by atoms with Crippen LogP contribution in [0.2, 0.25) is 0 Å². The van der Waals surface area contributed by atoms with E-state index in [1.165, 1.54) is 12.8 Å². The molecule has 0 bridgehead atoms. The molecule has 148 valence electrons. The summed E-state index contributed by atoms with van der Waals surface area (Å²) in [7, 11) is 0. The van der Waals surface area contributed by atoms with E-state index in [1.54, 1.807) is 6.33 Å². The molecule has 3 aliphatic heterocycles. The molecule has 2 amide bonds. The number of hydrogen-bond acceptors (Lipinski definition) is 4. The number of nitrogens with one attached hydrogen (secondary N) is 1. The molecule has 27 heavy (non-hydrogen) atoms. The van der Waals surface area contributed by atoms with Crippen molar-refractivity contribution in [3.05, 3.63) is 17.7 Å². The Morgan fingerprint density at radius 3 is 2.22 bits per heavy atom. The van der Waals surface area contributed by atoms with Gasteiger partial charge in [-0.2, -0.15) is 0 Å². The van der Waals surface area contributed by atoms with E-state index >= 15 is 0 Å². The van der Waals surface area contributed by atoms with E-state index in [1.807, 2.05) is 11.8 Å². The first-order chi connectivity index (χ1) is 13.1. The zero-order chi connectivity index (χ0) is 18.8. The van der Waals surface area contributed by atoms with Crippen molar-refractivity contribution in [3.8, 4) is 0 Å². The van der Waals surface area contributed by atoms with Gasteiger partial charge in [-0.3, -0.25) is 9.59 Å². The minimum Gasteiger partial charge on any atom is -0.348 e. The van der Waals surface area contributed by atoms with Crippen LogP contribution in [-0.4, -0.2) is 81.8 Å². The van der Waals surface area contributed by atoms with E-state index in [0.29, 0.717) is 17.6 Å². The van der Waals surface area contributed by atoms with Gasteiger partial charge in [0, 0.05) is 43.8 Å². The Kier molecular flexibility index (Phi) is 5.48. The van der Waals surface area contributed by atoms with Crippen molar-refractivity contribution >= 4 is 11.8 Å². The van der Waals surface area contributed by atoms with Crippen molar-refractivity contribution in [3.63, 3.8) is 0 Å². The van der Waals surface area contributed by atoms with Crippen LogP contribution in [0.15, 0.2) is 6.33 Å². The lowest BCUT2D eigenvalue weighted by atomic mass is 9.92. The molecule has 0 spiro atoms. The molecule has 4 rings (SSSR count). The highest BCUT2D eigenvalue weighted by Crippen LogP contribution is 2.26. The predicted octanol–water partition coefficient (Wildman–Crippen LogP) is 1.66. The Hall–Kier alpha value is -1.89. The maximum absolute atomic E-state index is 12.6. The van der Waals surface area contributed by atoms with Crippen LogP contribution in [0.3, 0.4) is 0 Å². The van der Waals surface area contributed by atoms with Crippen molar-refractivity contribution in [2.45, 2.75) is 51.5 Å². The predicted molar refractivity (Wildman–Crippen MR) is 102 cm³/mol. The molecular weight excluding hydrogens is 342 g/mol. The summed E-state index contributed by atoms with van der Waals surface area (Å²) in [5, 5.41) is 0. The van der Waals surface area contributed by atoms with Crippen LogP contribution >= 0.6 is 0 Å². The zero-order valence-corrected chi connectivity index (χ0v) is 16.3. The number of rotatable bonds is 3. The largest absolute Gasteiger partial charge is 0.348 e. The lowest BCUT2D eigenvalue weighted by molar-refractivity contribution is -0.136. The molecule has 4 heterocycles. The number of piperidine rings is 2. The molecule has 7 heteroatoms. The van der Waals surface area contributed by atoms with Crippen molar-refractivity contribution in [1.82, 2.24) is 24.7 Å². The highest BCUT2D eigenvalue weighted by Gasteiger charge is 2.34. The highest BCUT2D eigenvalue weighted by molar-refractivity contribution is 5.93. The summed E-state index contributed by atoms with van der Waals surface area (Å²) >= 11 is 0. The van der Waals surface area contributed by atoms with Crippen LogP contribution in [0.4, 0.5) is 0 Å². The summed E-state index contributed by atoms with van der Waals surface area (Å²) in [5.41, 5.74) is 1.39. The molecule has 0 unspecified atom stereocenters. The first kappa shape index (κ1) is 18.5. The monoisotopic (exact) mass is 373 g/mol. The fraction of sp³-hybridized carbons (Fsp3) is 0.750. The first-order valence-electron chi connectivity index (χ1n) is 10.5. The number of hydrogen-bond donors (Lipinski definition) is 1. The Balaban J connectivity index is 1.24. The van der Waals surface area contributed by atoms with Gasteiger partial charge in [-0.05, 0) is 58.5 Å². The van der Waals surface area contributed by atoms with Gasteiger partial charge >= 0.3 is 0 Å². The molecule has 0 radical (unpaired) electrons. The van der Waals surface area contributed by atoms with Crippen molar-refractivity contribution < 1.29 is 9.59 Å². The minimum atomic E-state index is 0.0436. The van der Waals surface area contributed by atoms with Gasteiger partial charge in [-0.15, -0.1) is 0 Å². The molecule has 0 aromatic carbocycles. The molecule has 0 aliphatic carbocycles. The van der Waals surface area contributed by atoms with Crippen molar-refractivity contribution in [2.75, 3.05) is 39.3 Å². The minimum absolute atomic E-state index is 0.0436. The summed E-state index contributed by atoms with van der Waals surface area (Å²) in [6, 6.07) is 0.539. The van der Waals surface area contributed by atoms with Crippen LogP contribution in [-0.2, 0) is 4.79 Å². The summed E-state index contributed by atoms with van der Waals surface area (Å²) in [6.45, 7) is 7.43. The number of H-pyrrole nitrogens is 1. The standard InChI is InChI=1S/C20H31N5O2/c1-15-18(22-14-21-15)20(27)25-12-6-17(7-13-25)23-10-4-16(5-11-23)19(26)24-8-2-3-9-24/h14,16-17H,2-13H2,1H3,(H,21,22). The third-order valence-electron chi connectivity index (χ3n) is 6.60. The molecule has 3 saturated heterocycles. The maximum atomic E-state index is 12.6. The molecule has 1 N–H and O–H groups in total. The van der Waals surface area contributed by atoms with Gasteiger partial charge in [0.15, 0.2) is 0 Å². The number of aromatic amines is 1. The van der Waals surface area contributed by atoms with Gasteiger partial charge in [0.05, 0.1) is 6.33 Å². The lowest BCUT2D eigenvalue weighted by Crippen LogP contribution is -2.50. The summed E-state index contributed by atoms with van der Waals surface area (Å²) in [5.74, 6) is 0.660. The number of carbonyl (C=O) groups excluding carboxylic acids is 2. The second-order valence-corrected chi connectivity index (χ2v) is 8.24. The highest BCUT2D eigenvalue weighted by atomic mass is 16.2. The second-order valence-electron chi connectivity index (χ2n) is 8.24. The molecule has 3 fully saturated rings. The fourth-order valence-corrected chi connectivity index (χ4v) is 4.87. The molecular formula is C20H31N5O2. The van der Waals surface area contributed by atoms with Crippen LogP contribution in [0, 0.1) is 12.8 Å². The molecule has 1 aromatic heterocycles. The number of carbonyl (C=O) groups is 2. The Bertz CT molecular complexity index is 666. The van der Waals surface area contributed by atoms with Gasteiger partial charge in [0.2, 0.25) is 5.91 Å². The van der Waals surface area contributed by atoms with E-state index in [2.05, 4.69) is 19.8 Å². The normalized spacial score (nSPS) is 23.1. The number of aromatic nitrogens is 2. The SMILES string of the molecule is Cc1[nH]cnc1C(=O)N1CCC(N2CCC(C(=O)N3CCCC3)CC2)CC1. The molecule has 0 saturated carbocycles. The van der Waals surface area contributed by atoms with E-state index in [-0.39, 0.29) is 11.8 Å². The molecule has 1 aromatic rings. The quantitative estimate of drug-likeness (QED) is 0.875. The summed E-state index contributed by atoms with van der Waals surface area (Å²) in [4.78, 5) is 38.9. The number of nitrogens with zero attached hydrogens (tertiary/aromatic N) is 4.